The number of para-hydroxylation sites is 2. The van der Waals surface area contributed by atoms with Crippen LogP contribution in [0.25, 0.3) is 21.8 Å². The second kappa shape index (κ2) is 9.72. The first-order valence-corrected chi connectivity index (χ1v) is 10.5. The predicted molar refractivity (Wildman–Crippen MR) is 107 cm³/mol. The van der Waals surface area contributed by atoms with Gasteiger partial charge in [0.15, 0.2) is 0 Å². The number of aryl methyl sites for hydroxylation is 2. The summed E-state index contributed by atoms with van der Waals surface area (Å²) in [6.07, 6.45) is 0. The van der Waals surface area contributed by atoms with Gasteiger partial charge in [0.1, 0.15) is 0 Å². The van der Waals surface area contributed by atoms with Gasteiger partial charge < -0.3 is 0 Å². The van der Waals surface area contributed by atoms with E-state index in [1.807, 2.05) is 62.4 Å². The number of aromatic nitrogens is 2. The Hall–Kier alpha value is -1.49. The molecule has 0 bridgehead atoms. The van der Waals surface area contributed by atoms with Crippen LogP contribution in [0.2, 0.25) is 0 Å². The monoisotopic (exact) mass is 476 g/mol. The Kier molecular flexibility index (Phi) is 7.63. The van der Waals surface area contributed by atoms with Crippen molar-refractivity contribution in [2.24, 2.45) is 0 Å². The van der Waals surface area contributed by atoms with Crippen molar-refractivity contribution in [3.8, 4) is 0 Å². The maximum absolute atomic E-state index is 4.38. The van der Waals surface area contributed by atoms with Crippen LogP contribution in [0.4, 0.5) is 0 Å². The van der Waals surface area contributed by atoms with E-state index in [0.717, 1.165) is 22.4 Å². The summed E-state index contributed by atoms with van der Waals surface area (Å²) in [5.41, 5.74) is 4.30. The van der Waals surface area contributed by atoms with Crippen LogP contribution in [0, 0.1) is 13.8 Å². The molecule has 0 aliphatic heterocycles. The molecule has 126 valence electrons. The number of benzene rings is 2. The predicted octanol–water partition coefficient (Wildman–Crippen LogP) is 5.97. The van der Waals surface area contributed by atoms with Crippen LogP contribution in [0.15, 0.2) is 72.8 Å². The zero-order chi connectivity index (χ0) is 17.4. The number of fused-ring (bicyclic) bond motifs is 2. The van der Waals surface area contributed by atoms with Crippen molar-refractivity contribution in [1.29, 1.82) is 0 Å². The summed E-state index contributed by atoms with van der Waals surface area (Å²) in [6, 6.07) is 24.5. The van der Waals surface area contributed by atoms with Crippen LogP contribution < -0.4 is 0 Å². The number of pyridine rings is 2. The molecule has 4 rings (SSSR count). The molecule has 24 heavy (non-hydrogen) atoms. The number of hydrogen-bond donors (Lipinski definition) is 0. The van der Waals surface area contributed by atoms with Crippen LogP contribution in [-0.4, -0.2) is 9.97 Å². The molecule has 2 aromatic carbocycles. The molecule has 4 aromatic rings. The minimum atomic E-state index is 1.07. The Morgan fingerprint density at radius 1 is 0.583 bits per heavy atom. The molecule has 0 saturated carbocycles. The Balaban J connectivity index is 0.000000158. The molecule has 0 atom stereocenters. The fraction of sp³-hybridized carbons (Fsp3) is 0.100. The van der Waals surface area contributed by atoms with E-state index in [1.54, 1.807) is 20.3 Å². The SMILES string of the molecule is Cc1ccc2ccccc2n1.Cc1ccc2ccccc2n1.[Cu][I]. The first-order chi connectivity index (χ1) is 11.7. The molecule has 2 nitrogen and oxygen atoms in total. The average Bonchev–Trinajstić information content (AvgIpc) is 2.64. The van der Waals surface area contributed by atoms with Gasteiger partial charge in [-0.3, -0.25) is 9.97 Å². The van der Waals surface area contributed by atoms with Gasteiger partial charge in [0, 0.05) is 22.2 Å². The zero-order valence-corrected chi connectivity index (χ0v) is 16.6. The van der Waals surface area contributed by atoms with Gasteiger partial charge in [-0.05, 0) is 38.1 Å². The van der Waals surface area contributed by atoms with Crippen molar-refractivity contribution in [1.82, 2.24) is 9.97 Å². The molecule has 4 heteroatoms. The molecular weight excluding hydrogens is 459 g/mol. The second-order valence-electron chi connectivity index (χ2n) is 5.29. The third kappa shape index (κ3) is 5.26. The topological polar surface area (TPSA) is 25.8 Å². The Morgan fingerprint density at radius 3 is 1.38 bits per heavy atom. The van der Waals surface area contributed by atoms with Gasteiger partial charge in [-0.15, -0.1) is 0 Å². The first kappa shape index (κ1) is 18.8. The maximum atomic E-state index is 4.38. The third-order valence-corrected chi connectivity index (χ3v) is 3.48. The van der Waals surface area contributed by atoms with Crippen LogP contribution in [-0.2, 0) is 12.8 Å². The van der Waals surface area contributed by atoms with Gasteiger partial charge >= 0.3 is 33.1 Å². The molecule has 0 saturated heterocycles. The second-order valence-corrected chi connectivity index (χ2v) is 5.29. The molecule has 0 fully saturated rings. The zero-order valence-electron chi connectivity index (χ0n) is 13.5. The van der Waals surface area contributed by atoms with Crippen molar-refractivity contribution in [2.45, 2.75) is 13.8 Å². The number of halogens is 1. The fourth-order valence-corrected chi connectivity index (χ4v) is 2.34. The summed E-state index contributed by atoms with van der Waals surface area (Å²) < 4.78 is 0. The van der Waals surface area contributed by atoms with Gasteiger partial charge in [0.25, 0.3) is 0 Å². The van der Waals surface area contributed by atoms with Crippen LogP contribution >= 0.6 is 20.3 Å². The van der Waals surface area contributed by atoms with E-state index < -0.39 is 0 Å². The molecule has 0 aliphatic rings. The van der Waals surface area contributed by atoms with E-state index in [-0.39, 0.29) is 0 Å². The summed E-state index contributed by atoms with van der Waals surface area (Å²) >= 11 is 5.87. The fourth-order valence-electron chi connectivity index (χ4n) is 2.34. The quantitative estimate of drug-likeness (QED) is 0.231. The van der Waals surface area contributed by atoms with Gasteiger partial charge in [-0.1, -0.05) is 48.5 Å². The van der Waals surface area contributed by atoms with E-state index in [0.29, 0.717) is 0 Å². The van der Waals surface area contributed by atoms with Crippen LogP contribution in [0.5, 0.6) is 0 Å². The summed E-state index contributed by atoms with van der Waals surface area (Å²) in [4.78, 5) is 8.75. The Morgan fingerprint density at radius 2 is 0.958 bits per heavy atom. The molecule has 0 radical (unpaired) electrons. The molecule has 0 N–H and O–H groups in total. The van der Waals surface area contributed by atoms with Crippen molar-refractivity contribution >= 4 is 42.2 Å². The molecular formula is C20H18CuIN2. The van der Waals surface area contributed by atoms with Gasteiger partial charge in [-0.2, -0.15) is 0 Å². The molecule has 0 unspecified atom stereocenters. The van der Waals surface area contributed by atoms with Crippen LogP contribution in [0.1, 0.15) is 11.4 Å². The summed E-state index contributed by atoms with van der Waals surface area (Å²) in [7, 11) is 0. The van der Waals surface area contributed by atoms with E-state index in [9.17, 15) is 0 Å². The third-order valence-electron chi connectivity index (χ3n) is 3.48. The van der Waals surface area contributed by atoms with E-state index in [4.69, 9.17) is 0 Å². The Labute approximate surface area is 162 Å². The van der Waals surface area contributed by atoms with E-state index in [1.165, 1.54) is 10.8 Å². The minimum absolute atomic E-state index is 1.07. The van der Waals surface area contributed by atoms with E-state index in [2.05, 4.69) is 47.0 Å². The number of hydrogen-bond acceptors (Lipinski definition) is 2. The van der Waals surface area contributed by atoms with Gasteiger partial charge in [-0.25, -0.2) is 0 Å². The Bertz CT molecular complexity index is 848. The van der Waals surface area contributed by atoms with Crippen molar-refractivity contribution in [3.05, 3.63) is 84.2 Å². The summed E-state index contributed by atoms with van der Waals surface area (Å²) in [5, 5.41) is 2.41. The van der Waals surface area contributed by atoms with Crippen LogP contribution in [0.3, 0.4) is 0 Å². The molecule has 0 aliphatic carbocycles. The first-order valence-electron chi connectivity index (χ1n) is 7.48. The average molecular weight is 477 g/mol. The van der Waals surface area contributed by atoms with Crippen molar-refractivity contribution in [3.63, 3.8) is 0 Å². The standard InChI is InChI=1S/2C10H9N.Cu.HI/c2*1-8-6-7-9-4-2-3-5-10(9)11-8;;/h2*2-7H,1H3;;1H/q;;+1;/p-1. The summed E-state index contributed by atoms with van der Waals surface area (Å²) in [6.45, 7) is 4.01. The molecule has 0 amide bonds. The molecule has 0 spiro atoms. The van der Waals surface area contributed by atoms with Gasteiger partial charge in [0.2, 0.25) is 0 Å². The van der Waals surface area contributed by atoms with Crippen molar-refractivity contribution < 1.29 is 12.8 Å². The molecule has 2 heterocycles. The molecule has 2 aromatic heterocycles. The normalized spacial score (nSPS) is 9.71. The van der Waals surface area contributed by atoms with Crippen molar-refractivity contribution in [2.75, 3.05) is 0 Å². The van der Waals surface area contributed by atoms with E-state index >= 15 is 0 Å². The van der Waals surface area contributed by atoms with Gasteiger partial charge in [0.05, 0.1) is 11.0 Å². The summed E-state index contributed by atoms with van der Waals surface area (Å²) in [5.74, 6) is 0. The number of nitrogens with zero attached hydrogens (tertiary/aromatic N) is 2. The number of rotatable bonds is 0.